The second-order valence-corrected chi connectivity index (χ2v) is 6.91. The van der Waals surface area contributed by atoms with Crippen molar-refractivity contribution in [1.29, 1.82) is 0 Å². The number of hydrogen-bond donors (Lipinski definition) is 1. The second-order valence-electron chi connectivity index (χ2n) is 6.91. The summed E-state index contributed by atoms with van der Waals surface area (Å²) >= 11 is 0. The van der Waals surface area contributed by atoms with Gasteiger partial charge in [0.15, 0.2) is 29.7 Å². The smallest absolute Gasteiger partial charge is 0.258 e. The first kappa shape index (κ1) is 17.6. The molecular weight excluding hydrogens is 349 g/mol. The summed E-state index contributed by atoms with van der Waals surface area (Å²) < 4.78 is 30.3. The number of halogens is 1. The lowest BCUT2D eigenvalue weighted by atomic mass is 9.87. The fourth-order valence-electron chi connectivity index (χ4n) is 3.81. The van der Waals surface area contributed by atoms with E-state index in [0.29, 0.717) is 19.0 Å². The fourth-order valence-corrected chi connectivity index (χ4v) is 3.81. The number of ether oxygens (including phenoxy) is 3. The Morgan fingerprint density at radius 3 is 2.59 bits per heavy atom. The van der Waals surface area contributed by atoms with Crippen LogP contribution in [0, 0.1) is 5.82 Å². The maximum atomic E-state index is 13.7. The second kappa shape index (κ2) is 7.47. The van der Waals surface area contributed by atoms with Crippen molar-refractivity contribution in [3.8, 4) is 17.2 Å². The minimum Gasteiger partial charge on any atom is -0.486 e. The van der Waals surface area contributed by atoms with Gasteiger partial charge in [-0.15, -0.1) is 0 Å². The van der Waals surface area contributed by atoms with E-state index >= 15 is 0 Å². The summed E-state index contributed by atoms with van der Waals surface area (Å²) in [7, 11) is 0. The Bertz CT molecular complexity index is 833. The van der Waals surface area contributed by atoms with Crippen molar-refractivity contribution >= 4 is 5.91 Å². The van der Waals surface area contributed by atoms with Gasteiger partial charge in [0.05, 0.1) is 5.54 Å². The predicted molar refractivity (Wildman–Crippen MR) is 97.6 cm³/mol. The molecule has 1 aliphatic heterocycles. The average Bonchev–Trinajstić information content (AvgIpc) is 3.16. The van der Waals surface area contributed by atoms with Crippen LogP contribution in [0.3, 0.4) is 0 Å². The molecule has 4 rings (SSSR count). The van der Waals surface area contributed by atoms with Gasteiger partial charge in [-0.05, 0) is 42.7 Å². The van der Waals surface area contributed by atoms with E-state index < -0.39 is 11.4 Å². The van der Waals surface area contributed by atoms with E-state index in [1.54, 1.807) is 12.1 Å². The number of carbonyl (C=O) groups excluding carboxylic acids is 1. The van der Waals surface area contributed by atoms with Crippen LogP contribution in [0.15, 0.2) is 42.5 Å². The van der Waals surface area contributed by atoms with E-state index in [0.717, 1.165) is 37.0 Å². The van der Waals surface area contributed by atoms with E-state index in [1.807, 2.05) is 18.2 Å². The number of fused-ring (bicyclic) bond motifs is 1. The molecule has 1 saturated carbocycles. The lowest BCUT2D eigenvalue weighted by Crippen LogP contribution is -2.45. The normalized spacial score (nSPS) is 17.4. The van der Waals surface area contributed by atoms with Gasteiger partial charge in [-0.25, -0.2) is 4.39 Å². The Kier molecular flexibility index (Phi) is 4.88. The molecule has 2 aliphatic rings. The maximum absolute atomic E-state index is 13.7. The van der Waals surface area contributed by atoms with Gasteiger partial charge in [-0.1, -0.05) is 31.0 Å². The van der Waals surface area contributed by atoms with Crippen LogP contribution in [0.1, 0.15) is 31.2 Å². The molecule has 0 spiro atoms. The molecule has 142 valence electrons. The van der Waals surface area contributed by atoms with Crippen LogP contribution in [-0.2, 0) is 10.3 Å². The molecule has 0 bridgehead atoms. The van der Waals surface area contributed by atoms with Crippen molar-refractivity contribution in [1.82, 2.24) is 5.32 Å². The van der Waals surface area contributed by atoms with Gasteiger partial charge in [0.1, 0.15) is 13.2 Å². The SMILES string of the molecule is O=C(COc1ccccc1F)NC1(c2ccc3c(c2)OCCO3)CCCC1. The monoisotopic (exact) mass is 371 g/mol. The summed E-state index contributed by atoms with van der Waals surface area (Å²) in [6.07, 6.45) is 3.75. The van der Waals surface area contributed by atoms with Crippen molar-refractivity contribution in [3.05, 3.63) is 53.8 Å². The summed E-state index contributed by atoms with van der Waals surface area (Å²) in [6.45, 7) is 0.834. The highest BCUT2D eigenvalue weighted by atomic mass is 19.1. The Hall–Kier alpha value is -2.76. The van der Waals surface area contributed by atoms with Gasteiger partial charge in [-0.2, -0.15) is 0 Å². The van der Waals surface area contributed by atoms with Gasteiger partial charge < -0.3 is 19.5 Å². The molecule has 1 aliphatic carbocycles. The van der Waals surface area contributed by atoms with E-state index in [-0.39, 0.29) is 18.3 Å². The predicted octanol–water partition coefficient (Wildman–Crippen LogP) is 3.56. The average molecular weight is 371 g/mol. The maximum Gasteiger partial charge on any atom is 0.258 e. The standard InChI is InChI=1S/C21H22FNO4/c22-16-5-1-2-6-17(16)27-14-20(24)23-21(9-3-4-10-21)15-7-8-18-19(13-15)26-12-11-25-18/h1-2,5-8,13H,3-4,9-12,14H2,(H,23,24). The molecule has 2 aromatic rings. The molecule has 1 amide bonds. The Labute approximate surface area is 157 Å². The van der Waals surface area contributed by atoms with Crippen molar-refractivity contribution in [2.45, 2.75) is 31.2 Å². The molecule has 0 radical (unpaired) electrons. The largest absolute Gasteiger partial charge is 0.486 e. The molecule has 0 saturated heterocycles. The number of hydrogen-bond acceptors (Lipinski definition) is 4. The van der Waals surface area contributed by atoms with E-state index in [2.05, 4.69) is 5.32 Å². The molecule has 5 nitrogen and oxygen atoms in total. The number of rotatable bonds is 5. The van der Waals surface area contributed by atoms with Gasteiger partial charge in [0, 0.05) is 0 Å². The molecule has 27 heavy (non-hydrogen) atoms. The van der Waals surface area contributed by atoms with Crippen LogP contribution in [0.25, 0.3) is 0 Å². The first-order chi connectivity index (χ1) is 13.2. The quantitative estimate of drug-likeness (QED) is 0.873. The van der Waals surface area contributed by atoms with Crippen LogP contribution < -0.4 is 19.5 Å². The van der Waals surface area contributed by atoms with Gasteiger partial charge in [0.2, 0.25) is 0 Å². The third kappa shape index (κ3) is 3.70. The minimum absolute atomic E-state index is 0.0763. The summed E-state index contributed by atoms with van der Waals surface area (Å²) in [4.78, 5) is 12.5. The third-order valence-electron chi connectivity index (χ3n) is 5.13. The van der Waals surface area contributed by atoms with Crippen LogP contribution in [0.4, 0.5) is 4.39 Å². The highest BCUT2D eigenvalue weighted by Gasteiger charge is 2.38. The fraction of sp³-hybridized carbons (Fsp3) is 0.381. The highest BCUT2D eigenvalue weighted by Crippen LogP contribution is 2.42. The summed E-state index contributed by atoms with van der Waals surface area (Å²) in [6, 6.07) is 11.9. The number of nitrogens with one attached hydrogen (secondary N) is 1. The van der Waals surface area contributed by atoms with Gasteiger partial charge in [0.25, 0.3) is 5.91 Å². The van der Waals surface area contributed by atoms with Gasteiger partial charge >= 0.3 is 0 Å². The molecule has 2 aromatic carbocycles. The molecule has 0 unspecified atom stereocenters. The highest BCUT2D eigenvalue weighted by molar-refractivity contribution is 5.78. The molecule has 0 atom stereocenters. The summed E-state index contributed by atoms with van der Waals surface area (Å²) in [5, 5.41) is 3.12. The zero-order valence-electron chi connectivity index (χ0n) is 15.0. The topological polar surface area (TPSA) is 56.8 Å². The van der Waals surface area contributed by atoms with Crippen LogP contribution >= 0.6 is 0 Å². The van der Waals surface area contributed by atoms with E-state index in [4.69, 9.17) is 14.2 Å². The third-order valence-corrected chi connectivity index (χ3v) is 5.13. The van der Waals surface area contributed by atoms with E-state index in [9.17, 15) is 9.18 Å². The van der Waals surface area contributed by atoms with Crippen molar-refractivity contribution < 1.29 is 23.4 Å². The molecule has 1 heterocycles. The van der Waals surface area contributed by atoms with Gasteiger partial charge in [-0.3, -0.25) is 4.79 Å². The number of amides is 1. The zero-order valence-corrected chi connectivity index (χ0v) is 15.0. The molecular formula is C21H22FNO4. The van der Waals surface area contributed by atoms with Crippen LogP contribution in [0.5, 0.6) is 17.2 Å². The van der Waals surface area contributed by atoms with Crippen LogP contribution in [-0.4, -0.2) is 25.7 Å². The molecule has 1 fully saturated rings. The van der Waals surface area contributed by atoms with Crippen molar-refractivity contribution in [2.75, 3.05) is 19.8 Å². The number of benzene rings is 2. The van der Waals surface area contributed by atoms with Crippen molar-refractivity contribution in [3.63, 3.8) is 0 Å². The first-order valence-corrected chi connectivity index (χ1v) is 9.25. The Balaban J connectivity index is 1.49. The van der Waals surface area contributed by atoms with Crippen LogP contribution in [0.2, 0.25) is 0 Å². The number of para-hydroxylation sites is 1. The Morgan fingerprint density at radius 1 is 1.07 bits per heavy atom. The lowest BCUT2D eigenvalue weighted by Gasteiger charge is -2.32. The minimum atomic E-state index is -0.479. The summed E-state index contributed by atoms with van der Waals surface area (Å²) in [5.41, 5.74) is 0.550. The van der Waals surface area contributed by atoms with Crippen molar-refractivity contribution in [2.24, 2.45) is 0 Å². The molecule has 6 heteroatoms. The summed E-state index contributed by atoms with van der Waals surface area (Å²) in [5.74, 6) is 0.768. The zero-order chi connectivity index (χ0) is 18.7. The lowest BCUT2D eigenvalue weighted by molar-refractivity contribution is -0.125. The number of carbonyl (C=O) groups is 1. The molecule has 0 aromatic heterocycles. The first-order valence-electron chi connectivity index (χ1n) is 9.25. The molecule has 1 N–H and O–H groups in total. The Morgan fingerprint density at radius 2 is 1.81 bits per heavy atom. The van der Waals surface area contributed by atoms with E-state index in [1.165, 1.54) is 12.1 Å².